The van der Waals surface area contributed by atoms with Crippen molar-refractivity contribution in [2.24, 2.45) is 11.7 Å². The highest BCUT2D eigenvalue weighted by molar-refractivity contribution is 5.45. The average molecular weight is 262 g/mol. The van der Waals surface area contributed by atoms with Crippen molar-refractivity contribution in [2.45, 2.75) is 32.2 Å². The third-order valence-electron chi connectivity index (χ3n) is 4.23. The Morgan fingerprint density at radius 2 is 2.16 bits per heavy atom. The van der Waals surface area contributed by atoms with Crippen molar-refractivity contribution in [2.75, 3.05) is 27.2 Å². The molecule has 2 N–H and O–H groups in total. The molecule has 3 heteroatoms. The Bertz CT molecular complexity index is 431. The number of methoxy groups -OCH3 is 1. The van der Waals surface area contributed by atoms with E-state index >= 15 is 0 Å². The number of hydrogen-bond acceptors (Lipinski definition) is 3. The lowest BCUT2D eigenvalue weighted by Gasteiger charge is -2.24. The summed E-state index contributed by atoms with van der Waals surface area (Å²) in [5.74, 6) is 2.14. The number of rotatable bonds is 4. The highest BCUT2D eigenvalue weighted by atomic mass is 16.5. The molecule has 1 aromatic rings. The van der Waals surface area contributed by atoms with Crippen LogP contribution < -0.4 is 10.5 Å². The van der Waals surface area contributed by atoms with Crippen LogP contribution in [-0.4, -0.2) is 32.1 Å². The van der Waals surface area contributed by atoms with E-state index in [2.05, 4.69) is 44.0 Å². The number of ether oxygens (including phenoxy) is 1. The molecule has 19 heavy (non-hydrogen) atoms. The third-order valence-corrected chi connectivity index (χ3v) is 4.23. The molecular formula is C16H26N2O. The molecule has 1 aliphatic heterocycles. The summed E-state index contributed by atoms with van der Waals surface area (Å²) in [6.45, 7) is 6.27. The van der Waals surface area contributed by atoms with Gasteiger partial charge in [-0.1, -0.05) is 32.0 Å². The Labute approximate surface area is 116 Å². The second-order valence-corrected chi connectivity index (χ2v) is 5.92. The van der Waals surface area contributed by atoms with E-state index < -0.39 is 0 Å². The van der Waals surface area contributed by atoms with Gasteiger partial charge in [0, 0.05) is 18.2 Å². The minimum atomic E-state index is 0.433. The summed E-state index contributed by atoms with van der Waals surface area (Å²) in [5, 5.41) is 0. The molecule has 1 fully saturated rings. The topological polar surface area (TPSA) is 38.5 Å². The van der Waals surface area contributed by atoms with E-state index in [0.29, 0.717) is 17.9 Å². The standard InChI is InChI=1S/C16H26N2O/c1-11(2)13-6-5-7-14(16(13)19-4)15-8-12(9-17)10-18(15)3/h5-7,11-12,15H,8-10,17H2,1-4H3. The molecule has 0 aromatic heterocycles. The number of hydrogen-bond donors (Lipinski definition) is 1. The molecular weight excluding hydrogens is 236 g/mol. The molecule has 1 aliphatic rings. The molecule has 0 bridgehead atoms. The van der Waals surface area contributed by atoms with Gasteiger partial charge in [0.1, 0.15) is 5.75 Å². The van der Waals surface area contributed by atoms with E-state index in [0.717, 1.165) is 25.3 Å². The first kappa shape index (κ1) is 14.4. The minimum absolute atomic E-state index is 0.433. The number of nitrogens with zero attached hydrogens (tertiary/aromatic N) is 1. The van der Waals surface area contributed by atoms with Gasteiger partial charge in [-0.3, -0.25) is 4.90 Å². The summed E-state index contributed by atoms with van der Waals surface area (Å²) in [6.07, 6.45) is 1.13. The van der Waals surface area contributed by atoms with Crippen LogP contribution in [0.5, 0.6) is 5.75 Å². The Morgan fingerprint density at radius 1 is 1.42 bits per heavy atom. The van der Waals surface area contributed by atoms with Gasteiger partial charge < -0.3 is 10.5 Å². The van der Waals surface area contributed by atoms with E-state index in [1.54, 1.807) is 7.11 Å². The zero-order chi connectivity index (χ0) is 14.0. The molecule has 1 saturated heterocycles. The predicted molar refractivity (Wildman–Crippen MR) is 79.6 cm³/mol. The van der Waals surface area contributed by atoms with Crippen LogP contribution in [0.4, 0.5) is 0 Å². The lowest BCUT2D eigenvalue weighted by atomic mass is 9.93. The van der Waals surface area contributed by atoms with Gasteiger partial charge in [0.2, 0.25) is 0 Å². The number of benzene rings is 1. The van der Waals surface area contributed by atoms with Gasteiger partial charge in [-0.15, -0.1) is 0 Å². The molecule has 2 rings (SSSR count). The molecule has 1 aromatic carbocycles. The second-order valence-electron chi connectivity index (χ2n) is 5.92. The highest BCUT2D eigenvalue weighted by Crippen LogP contribution is 2.41. The molecule has 1 heterocycles. The fraction of sp³-hybridized carbons (Fsp3) is 0.625. The lowest BCUT2D eigenvalue weighted by Crippen LogP contribution is -2.21. The van der Waals surface area contributed by atoms with Gasteiger partial charge in [0.25, 0.3) is 0 Å². The maximum Gasteiger partial charge on any atom is 0.127 e. The number of nitrogens with two attached hydrogens (primary N) is 1. The minimum Gasteiger partial charge on any atom is -0.496 e. The number of para-hydroxylation sites is 1. The number of likely N-dealkylation sites (tertiary alicyclic amines) is 1. The normalized spacial score (nSPS) is 24.1. The van der Waals surface area contributed by atoms with Crippen LogP contribution in [0, 0.1) is 5.92 Å². The van der Waals surface area contributed by atoms with Crippen molar-refractivity contribution in [1.82, 2.24) is 4.90 Å². The zero-order valence-corrected chi connectivity index (χ0v) is 12.5. The Balaban J connectivity index is 2.37. The summed E-state index contributed by atoms with van der Waals surface area (Å²) in [4.78, 5) is 2.40. The van der Waals surface area contributed by atoms with Gasteiger partial charge in [-0.2, -0.15) is 0 Å². The molecule has 0 spiro atoms. The SMILES string of the molecule is COc1c(C(C)C)cccc1C1CC(CN)CN1C. The summed E-state index contributed by atoms with van der Waals surface area (Å²) in [7, 11) is 3.96. The van der Waals surface area contributed by atoms with E-state index in [1.165, 1.54) is 11.1 Å². The smallest absolute Gasteiger partial charge is 0.127 e. The monoisotopic (exact) mass is 262 g/mol. The lowest BCUT2D eigenvalue weighted by molar-refractivity contribution is 0.302. The van der Waals surface area contributed by atoms with Crippen molar-refractivity contribution >= 4 is 0 Å². The van der Waals surface area contributed by atoms with Crippen LogP contribution in [0.1, 0.15) is 43.4 Å². The van der Waals surface area contributed by atoms with Crippen molar-refractivity contribution in [1.29, 1.82) is 0 Å². The molecule has 3 nitrogen and oxygen atoms in total. The maximum absolute atomic E-state index is 5.83. The first-order valence-corrected chi connectivity index (χ1v) is 7.15. The zero-order valence-electron chi connectivity index (χ0n) is 12.5. The van der Waals surface area contributed by atoms with Crippen LogP contribution in [0.25, 0.3) is 0 Å². The van der Waals surface area contributed by atoms with Crippen LogP contribution in [0.3, 0.4) is 0 Å². The van der Waals surface area contributed by atoms with Gasteiger partial charge in [-0.05, 0) is 37.4 Å². The van der Waals surface area contributed by atoms with E-state index in [1.807, 2.05) is 0 Å². The Morgan fingerprint density at radius 3 is 2.68 bits per heavy atom. The van der Waals surface area contributed by atoms with E-state index in [-0.39, 0.29) is 0 Å². The van der Waals surface area contributed by atoms with Crippen molar-refractivity contribution in [3.8, 4) is 5.75 Å². The first-order valence-electron chi connectivity index (χ1n) is 7.15. The van der Waals surface area contributed by atoms with Gasteiger partial charge >= 0.3 is 0 Å². The molecule has 106 valence electrons. The second kappa shape index (κ2) is 5.93. The molecule has 0 aliphatic carbocycles. The quantitative estimate of drug-likeness (QED) is 0.907. The highest BCUT2D eigenvalue weighted by Gasteiger charge is 2.32. The van der Waals surface area contributed by atoms with Gasteiger partial charge in [0.05, 0.1) is 7.11 Å². The molecule has 2 unspecified atom stereocenters. The summed E-state index contributed by atoms with van der Waals surface area (Å²) in [5.41, 5.74) is 8.44. The largest absolute Gasteiger partial charge is 0.496 e. The molecule has 0 saturated carbocycles. The maximum atomic E-state index is 5.83. The van der Waals surface area contributed by atoms with Crippen LogP contribution in [0.2, 0.25) is 0 Å². The average Bonchev–Trinajstić information content (AvgIpc) is 2.78. The van der Waals surface area contributed by atoms with Crippen LogP contribution >= 0.6 is 0 Å². The summed E-state index contributed by atoms with van der Waals surface area (Å²) < 4.78 is 5.71. The van der Waals surface area contributed by atoms with E-state index in [9.17, 15) is 0 Å². The summed E-state index contributed by atoms with van der Waals surface area (Å²) >= 11 is 0. The molecule has 2 atom stereocenters. The Kier molecular flexibility index (Phi) is 4.48. The van der Waals surface area contributed by atoms with Crippen molar-refractivity contribution < 1.29 is 4.74 Å². The summed E-state index contributed by atoms with van der Waals surface area (Å²) in [6, 6.07) is 6.95. The van der Waals surface area contributed by atoms with Gasteiger partial charge in [0.15, 0.2) is 0 Å². The van der Waals surface area contributed by atoms with E-state index in [4.69, 9.17) is 10.5 Å². The fourth-order valence-electron chi connectivity index (χ4n) is 3.17. The van der Waals surface area contributed by atoms with Crippen molar-refractivity contribution in [3.05, 3.63) is 29.3 Å². The fourth-order valence-corrected chi connectivity index (χ4v) is 3.17. The van der Waals surface area contributed by atoms with Crippen LogP contribution in [-0.2, 0) is 0 Å². The van der Waals surface area contributed by atoms with Crippen molar-refractivity contribution in [3.63, 3.8) is 0 Å². The Hall–Kier alpha value is -1.06. The molecule has 0 amide bonds. The molecule has 0 radical (unpaired) electrons. The third kappa shape index (κ3) is 2.77. The van der Waals surface area contributed by atoms with Crippen LogP contribution in [0.15, 0.2) is 18.2 Å². The first-order chi connectivity index (χ1) is 9.08. The predicted octanol–water partition coefficient (Wildman–Crippen LogP) is 2.77. The van der Waals surface area contributed by atoms with Gasteiger partial charge in [-0.25, -0.2) is 0 Å².